The molecule has 0 radical (unpaired) electrons. The molecule has 1 aliphatic heterocycles. The van der Waals surface area contributed by atoms with Crippen molar-refractivity contribution in [2.45, 2.75) is 13.0 Å². The van der Waals surface area contributed by atoms with E-state index in [9.17, 15) is 4.79 Å². The Bertz CT molecular complexity index is 667. The summed E-state index contributed by atoms with van der Waals surface area (Å²) in [7, 11) is 0. The van der Waals surface area contributed by atoms with Crippen LogP contribution in [0.3, 0.4) is 0 Å². The second-order valence-corrected chi connectivity index (χ2v) is 4.87. The Balaban J connectivity index is 1.99. The summed E-state index contributed by atoms with van der Waals surface area (Å²) in [6.45, 7) is 2.20. The Morgan fingerprint density at radius 1 is 1.30 bits per heavy atom. The normalized spacial score (nSPS) is 16.8. The average Bonchev–Trinajstić information content (AvgIpc) is 2.46. The number of carboxylic acids is 1. The van der Waals surface area contributed by atoms with Gasteiger partial charge in [0.15, 0.2) is 6.04 Å². The molecule has 1 aliphatic rings. The fourth-order valence-corrected chi connectivity index (χ4v) is 2.37. The molecule has 0 fully saturated rings. The van der Waals surface area contributed by atoms with Crippen molar-refractivity contribution in [1.82, 2.24) is 0 Å². The van der Waals surface area contributed by atoms with Crippen LogP contribution in [0.5, 0.6) is 5.75 Å². The number of carbonyl (C=O) groups is 1. The number of nitrogens with one attached hydrogen (secondary N) is 1. The van der Waals surface area contributed by atoms with E-state index < -0.39 is 12.0 Å². The first kappa shape index (κ1) is 12.5. The maximum Gasteiger partial charge on any atom is 0.329 e. The predicted octanol–water partition coefficient (Wildman–Crippen LogP) is 2.92. The predicted molar refractivity (Wildman–Crippen MR) is 77.2 cm³/mol. The molecule has 2 aromatic rings. The number of hydrogen-bond acceptors (Lipinski definition) is 3. The van der Waals surface area contributed by atoms with Gasteiger partial charge in [-0.05, 0) is 35.7 Å². The standard InChI is InChI=1S/C16H15NO3/c1-10-4-2-3-5-12(10)11-6-7-15-13(8-11)17-14(9-20-15)16(18)19/h2-8,14,17H,9H2,1H3,(H,18,19). The fourth-order valence-electron chi connectivity index (χ4n) is 2.37. The molecule has 3 rings (SSSR count). The maximum absolute atomic E-state index is 11.0. The first-order valence-electron chi connectivity index (χ1n) is 6.47. The van der Waals surface area contributed by atoms with E-state index in [0.29, 0.717) is 5.75 Å². The van der Waals surface area contributed by atoms with Gasteiger partial charge in [0.05, 0.1) is 5.69 Å². The highest BCUT2D eigenvalue weighted by atomic mass is 16.5. The van der Waals surface area contributed by atoms with Crippen LogP contribution in [0.25, 0.3) is 11.1 Å². The van der Waals surface area contributed by atoms with Gasteiger partial charge in [-0.2, -0.15) is 0 Å². The van der Waals surface area contributed by atoms with Gasteiger partial charge in [-0.15, -0.1) is 0 Å². The van der Waals surface area contributed by atoms with E-state index in [1.165, 1.54) is 5.56 Å². The largest absolute Gasteiger partial charge is 0.489 e. The van der Waals surface area contributed by atoms with E-state index in [4.69, 9.17) is 9.84 Å². The van der Waals surface area contributed by atoms with Crippen molar-refractivity contribution >= 4 is 11.7 Å². The lowest BCUT2D eigenvalue weighted by Gasteiger charge is -2.25. The van der Waals surface area contributed by atoms with E-state index in [-0.39, 0.29) is 6.61 Å². The second kappa shape index (κ2) is 4.89. The zero-order chi connectivity index (χ0) is 14.1. The number of anilines is 1. The molecule has 4 nitrogen and oxygen atoms in total. The van der Waals surface area contributed by atoms with E-state index in [2.05, 4.69) is 24.4 Å². The van der Waals surface area contributed by atoms with Gasteiger partial charge in [0.2, 0.25) is 0 Å². The quantitative estimate of drug-likeness (QED) is 0.880. The minimum atomic E-state index is -0.906. The van der Waals surface area contributed by atoms with Crippen molar-refractivity contribution in [2.24, 2.45) is 0 Å². The topological polar surface area (TPSA) is 58.6 Å². The molecule has 0 aromatic heterocycles. The van der Waals surface area contributed by atoms with E-state index in [1.807, 2.05) is 30.3 Å². The van der Waals surface area contributed by atoms with Crippen molar-refractivity contribution < 1.29 is 14.6 Å². The molecule has 4 heteroatoms. The van der Waals surface area contributed by atoms with Gasteiger partial charge in [0.1, 0.15) is 12.4 Å². The number of fused-ring (bicyclic) bond motifs is 1. The maximum atomic E-state index is 11.0. The number of ether oxygens (including phenoxy) is 1. The van der Waals surface area contributed by atoms with Gasteiger partial charge in [-0.25, -0.2) is 4.79 Å². The summed E-state index contributed by atoms with van der Waals surface area (Å²) in [5.41, 5.74) is 4.09. The highest BCUT2D eigenvalue weighted by Gasteiger charge is 2.24. The van der Waals surface area contributed by atoms with Gasteiger partial charge < -0.3 is 15.2 Å². The van der Waals surface area contributed by atoms with E-state index >= 15 is 0 Å². The molecule has 2 N–H and O–H groups in total. The molecular weight excluding hydrogens is 254 g/mol. The van der Waals surface area contributed by atoms with Gasteiger partial charge in [-0.3, -0.25) is 0 Å². The molecule has 1 unspecified atom stereocenters. The number of hydrogen-bond donors (Lipinski definition) is 2. The average molecular weight is 269 g/mol. The van der Waals surface area contributed by atoms with Crippen molar-refractivity contribution in [3.8, 4) is 16.9 Å². The van der Waals surface area contributed by atoms with Crippen LogP contribution in [-0.4, -0.2) is 23.7 Å². The van der Waals surface area contributed by atoms with Crippen LogP contribution < -0.4 is 10.1 Å². The number of rotatable bonds is 2. The third-order valence-electron chi connectivity index (χ3n) is 3.47. The van der Waals surface area contributed by atoms with Crippen LogP contribution in [0.1, 0.15) is 5.56 Å². The molecule has 0 aliphatic carbocycles. The van der Waals surface area contributed by atoms with Crippen LogP contribution in [0.15, 0.2) is 42.5 Å². The molecule has 2 aromatic carbocycles. The summed E-state index contributed by atoms with van der Waals surface area (Å²) < 4.78 is 5.48. The molecule has 1 atom stereocenters. The fraction of sp³-hybridized carbons (Fsp3) is 0.188. The Morgan fingerprint density at radius 2 is 2.10 bits per heavy atom. The third-order valence-corrected chi connectivity index (χ3v) is 3.47. The first-order valence-corrected chi connectivity index (χ1v) is 6.47. The Morgan fingerprint density at radius 3 is 2.85 bits per heavy atom. The number of benzene rings is 2. The van der Waals surface area contributed by atoms with Gasteiger partial charge in [0, 0.05) is 0 Å². The lowest BCUT2D eigenvalue weighted by Crippen LogP contribution is -2.38. The number of carboxylic acid groups (broad SMARTS) is 1. The summed E-state index contributed by atoms with van der Waals surface area (Å²) in [6.07, 6.45) is 0. The van der Waals surface area contributed by atoms with Crippen LogP contribution in [0, 0.1) is 6.92 Å². The van der Waals surface area contributed by atoms with Crippen LogP contribution >= 0.6 is 0 Å². The monoisotopic (exact) mass is 269 g/mol. The minimum Gasteiger partial charge on any atom is -0.489 e. The van der Waals surface area contributed by atoms with Gasteiger partial charge in [0.25, 0.3) is 0 Å². The molecule has 0 bridgehead atoms. The lowest BCUT2D eigenvalue weighted by molar-refractivity contribution is -0.138. The van der Waals surface area contributed by atoms with E-state index in [1.54, 1.807) is 0 Å². The lowest BCUT2D eigenvalue weighted by atomic mass is 9.99. The van der Waals surface area contributed by atoms with Crippen molar-refractivity contribution in [1.29, 1.82) is 0 Å². The van der Waals surface area contributed by atoms with Crippen LogP contribution in [-0.2, 0) is 4.79 Å². The highest BCUT2D eigenvalue weighted by Crippen LogP contribution is 2.34. The Kier molecular flexibility index (Phi) is 3.06. The molecule has 1 heterocycles. The van der Waals surface area contributed by atoms with Crippen molar-refractivity contribution in [2.75, 3.05) is 11.9 Å². The third kappa shape index (κ3) is 2.20. The number of aryl methyl sites for hydroxylation is 1. The Labute approximate surface area is 117 Å². The zero-order valence-corrected chi connectivity index (χ0v) is 11.1. The zero-order valence-electron chi connectivity index (χ0n) is 11.1. The smallest absolute Gasteiger partial charge is 0.329 e. The van der Waals surface area contributed by atoms with Crippen molar-refractivity contribution in [3.05, 3.63) is 48.0 Å². The molecule has 102 valence electrons. The van der Waals surface area contributed by atoms with Crippen LogP contribution in [0.4, 0.5) is 5.69 Å². The summed E-state index contributed by atoms with van der Waals surface area (Å²) in [5.74, 6) is -0.211. The van der Waals surface area contributed by atoms with E-state index in [0.717, 1.165) is 16.8 Å². The SMILES string of the molecule is Cc1ccccc1-c1ccc2c(c1)NC(C(=O)O)CO2. The van der Waals surface area contributed by atoms with Gasteiger partial charge >= 0.3 is 5.97 Å². The molecular formula is C16H15NO3. The summed E-state index contributed by atoms with van der Waals surface area (Å²) >= 11 is 0. The van der Waals surface area contributed by atoms with Crippen molar-refractivity contribution in [3.63, 3.8) is 0 Å². The summed E-state index contributed by atoms with van der Waals surface area (Å²) in [6, 6.07) is 13.2. The first-order chi connectivity index (χ1) is 9.65. The highest BCUT2D eigenvalue weighted by molar-refractivity contribution is 5.81. The molecule has 0 spiro atoms. The molecule has 0 amide bonds. The van der Waals surface area contributed by atoms with Crippen LogP contribution in [0.2, 0.25) is 0 Å². The number of aliphatic carboxylic acids is 1. The Hall–Kier alpha value is -2.49. The van der Waals surface area contributed by atoms with Gasteiger partial charge in [-0.1, -0.05) is 30.3 Å². The molecule has 0 saturated carbocycles. The molecule has 0 saturated heterocycles. The minimum absolute atomic E-state index is 0.145. The molecule has 20 heavy (non-hydrogen) atoms. The summed E-state index contributed by atoms with van der Waals surface area (Å²) in [5, 5.41) is 12.1. The second-order valence-electron chi connectivity index (χ2n) is 4.87. The summed E-state index contributed by atoms with van der Waals surface area (Å²) in [4.78, 5) is 11.0.